The molecule has 0 aromatic carbocycles. The van der Waals surface area contributed by atoms with E-state index in [4.69, 9.17) is 14.6 Å². The molecule has 1 heterocycles. The Balaban J connectivity index is 2.76. The van der Waals surface area contributed by atoms with E-state index < -0.39 is 37.3 Å². The van der Waals surface area contributed by atoms with Crippen molar-refractivity contribution >= 4 is 21.8 Å². The average molecular weight is 328 g/mol. The van der Waals surface area contributed by atoms with Crippen molar-refractivity contribution in [3.63, 3.8) is 0 Å². The van der Waals surface area contributed by atoms with Crippen LogP contribution in [-0.4, -0.2) is 70.4 Å². The standard InChI is InChI=1S/C10H18BrNO6/c1-5(14)12-7-9(16)8(15)6(4-13)18-10(7)17-3-2-11/h6-10,13,15-16H,2-4H2,1H3,(H,12,14)/t6-,7-,8-,9-,10+/m1/s1. The van der Waals surface area contributed by atoms with E-state index in [1.165, 1.54) is 6.92 Å². The summed E-state index contributed by atoms with van der Waals surface area (Å²) in [6, 6.07) is -0.876. The number of halogens is 1. The first-order valence-corrected chi connectivity index (χ1v) is 6.70. The summed E-state index contributed by atoms with van der Waals surface area (Å²) in [6.45, 7) is 1.15. The zero-order chi connectivity index (χ0) is 13.7. The van der Waals surface area contributed by atoms with Gasteiger partial charge in [-0.3, -0.25) is 4.79 Å². The summed E-state index contributed by atoms with van der Waals surface area (Å²) in [4.78, 5) is 11.1. The number of carbonyl (C=O) groups excluding carboxylic acids is 1. The van der Waals surface area contributed by atoms with Crippen molar-refractivity contribution in [2.45, 2.75) is 37.6 Å². The maximum atomic E-state index is 11.1. The van der Waals surface area contributed by atoms with Gasteiger partial charge < -0.3 is 30.1 Å². The number of nitrogens with one attached hydrogen (secondary N) is 1. The lowest BCUT2D eigenvalue weighted by Gasteiger charge is -2.42. The first-order valence-electron chi connectivity index (χ1n) is 5.58. The normalized spacial score (nSPS) is 36.4. The average Bonchev–Trinajstić information content (AvgIpc) is 2.33. The van der Waals surface area contributed by atoms with Crippen molar-refractivity contribution in [1.29, 1.82) is 0 Å². The van der Waals surface area contributed by atoms with Crippen LogP contribution in [0.3, 0.4) is 0 Å². The molecule has 8 heteroatoms. The number of alkyl halides is 1. The number of ether oxygens (including phenoxy) is 2. The monoisotopic (exact) mass is 327 g/mol. The van der Waals surface area contributed by atoms with Crippen LogP contribution < -0.4 is 5.32 Å². The SMILES string of the molecule is CC(=O)N[C@H]1[C@@H](OCCBr)O[C@H](CO)[C@@H](O)[C@@H]1O. The van der Waals surface area contributed by atoms with Crippen LogP contribution in [0.4, 0.5) is 0 Å². The second-order valence-electron chi connectivity index (χ2n) is 3.99. The lowest BCUT2D eigenvalue weighted by Crippen LogP contribution is -2.64. The van der Waals surface area contributed by atoms with Crippen LogP contribution in [0.25, 0.3) is 0 Å². The summed E-state index contributed by atoms with van der Waals surface area (Å²) < 4.78 is 10.6. The highest BCUT2D eigenvalue weighted by Gasteiger charge is 2.45. The van der Waals surface area contributed by atoms with Crippen LogP contribution in [0, 0.1) is 0 Å². The molecule has 4 N–H and O–H groups in total. The van der Waals surface area contributed by atoms with Crippen LogP contribution in [-0.2, 0) is 14.3 Å². The highest BCUT2D eigenvalue weighted by molar-refractivity contribution is 9.09. The van der Waals surface area contributed by atoms with Gasteiger partial charge in [-0.05, 0) is 0 Å². The molecule has 18 heavy (non-hydrogen) atoms. The summed E-state index contributed by atoms with van der Waals surface area (Å²) in [5, 5.41) is 31.7. The lowest BCUT2D eigenvalue weighted by atomic mass is 9.97. The van der Waals surface area contributed by atoms with E-state index in [1.807, 2.05) is 0 Å². The molecule has 1 saturated heterocycles. The van der Waals surface area contributed by atoms with E-state index in [0.717, 1.165) is 0 Å². The van der Waals surface area contributed by atoms with Crippen molar-refractivity contribution in [3.8, 4) is 0 Å². The topological polar surface area (TPSA) is 108 Å². The van der Waals surface area contributed by atoms with Gasteiger partial charge in [-0.1, -0.05) is 15.9 Å². The van der Waals surface area contributed by atoms with Gasteiger partial charge in [0.2, 0.25) is 5.91 Å². The fraction of sp³-hybridized carbons (Fsp3) is 0.900. The predicted octanol–water partition coefficient (Wildman–Crippen LogP) is -1.66. The minimum absolute atomic E-state index is 0.307. The Bertz CT molecular complexity index is 279. The summed E-state index contributed by atoms with van der Waals surface area (Å²) in [5.41, 5.74) is 0. The first kappa shape index (κ1) is 15.8. The summed E-state index contributed by atoms with van der Waals surface area (Å²) in [6.07, 6.45) is -4.40. The van der Waals surface area contributed by atoms with Gasteiger partial charge in [0, 0.05) is 12.3 Å². The molecule has 1 rings (SSSR count). The molecule has 5 atom stereocenters. The van der Waals surface area contributed by atoms with Crippen LogP contribution in [0.5, 0.6) is 0 Å². The highest BCUT2D eigenvalue weighted by atomic mass is 79.9. The molecule has 1 amide bonds. The number of hydrogen-bond donors (Lipinski definition) is 4. The second-order valence-corrected chi connectivity index (χ2v) is 4.79. The highest BCUT2D eigenvalue weighted by Crippen LogP contribution is 2.22. The van der Waals surface area contributed by atoms with E-state index in [-0.39, 0.29) is 5.91 Å². The molecule has 0 unspecified atom stereocenters. The van der Waals surface area contributed by atoms with Crippen LogP contribution in [0.15, 0.2) is 0 Å². The van der Waals surface area contributed by atoms with Crippen molar-refractivity contribution in [3.05, 3.63) is 0 Å². The zero-order valence-corrected chi connectivity index (χ0v) is 11.5. The minimum atomic E-state index is -1.28. The quantitative estimate of drug-likeness (QED) is 0.450. The largest absolute Gasteiger partial charge is 0.394 e. The minimum Gasteiger partial charge on any atom is -0.394 e. The molecular weight excluding hydrogens is 310 g/mol. The van der Waals surface area contributed by atoms with Gasteiger partial charge in [-0.25, -0.2) is 0 Å². The maximum absolute atomic E-state index is 11.1. The van der Waals surface area contributed by atoms with Gasteiger partial charge in [0.25, 0.3) is 0 Å². The van der Waals surface area contributed by atoms with E-state index >= 15 is 0 Å². The van der Waals surface area contributed by atoms with Crippen molar-refractivity contribution in [1.82, 2.24) is 5.32 Å². The third kappa shape index (κ3) is 3.87. The summed E-state index contributed by atoms with van der Waals surface area (Å²) in [7, 11) is 0. The van der Waals surface area contributed by atoms with Crippen molar-refractivity contribution < 1.29 is 29.6 Å². The molecule has 0 bridgehead atoms. The van der Waals surface area contributed by atoms with E-state index in [9.17, 15) is 15.0 Å². The predicted molar refractivity (Wildman–Crippen MR) is 65.1 cm³/mol. The smallest absolute Gasteiger partial charge is 0.217 e. The molecule has 106 valence electrons. The molecule has 0 radical (unpaired) electrons. The molecular formula is C10H18BrNO6. The molecule has 0 saturated carbocycles. The number of aliphatic hydroxyl groups is 3. The third-order valence-corrected chi connectivity index (χ3v) is 2.93. The van der Waals surface area contributed by atoms with Gasteiger partial charge in [-0.15, -0.1) is 0 Å². The molecule has 1 aliphatic heterocycles. The Labute approximate surface area is 113 Å². The fourth-order valence-electron chi connectivity index (χ4n) is 1.77. The van der Waals surface area contributed by atoms with E-state index in [0.29, 0.717) is 11.9 Å². The molecule has 1 fully saturated rings. The van der Waals surface area contributed by atoms with Gasteiger partial charge in [0.1, 0.15) is 24.4 Å². The van der Waals surface area contributed by atoms with Crippen LogP contribution >= 0.6 is 15.9 Å². The van der Waals surface area contributed by atoms with Crippen molar-refractivity contribution in [2.24, 2.45) is 0 Å². The fourth-order valence-corrected chi connectivity index (χ4v) is 1.96. The Hall–Kier alpha value is -0.250. The Morgan fingerprint density at radius 1 is 1.44 bits per heavy atom. The Kier molecular flexibility index (Phi) is 6.47. The maximum Gasteiger partial charge on any atom is 0.217 e. The van der Waals surface area contributed by atoms with Gasteiger partial charge in [0.15, 0.2) is 6.29 Å². The first-order chi connectivity index (χ1) is 8.51. The van der Waals surface area contributed by atoms with Gasteiger partial charge >= 0.3 is 0 Å². The zero-order valence-electron chi connectivity index (χ0n) is 9.95. The molecule has 0 aromatic rings. The third-order valence-electron chi connectivity index (χ3n) is 2.61. The molecule has 0 spiro atoms. The Morgan fingerprint density at radius 3 is 2.61 bits per heavy atom. The van der Waals surface area contributed by atoms with Crippen LogP contribution in [0.2, 0.25) is 0 Å². The van der Waals surface area contributed by atoms with Crippen molar-refractivity contribution in [2.75, 3.05) is 18.5 Å². The summed E-state index contributed by atoms with van der Waals surface area (Å²) >= 11 is 3.18. The lowest BCUT2D eigenvalue weighted by molar-refractivity contribution is -0.268. The second kappa shape index (κ2) is 7.37. The van der Waals surface area contributed by atoms with Gasteiger partial charge in [-0.2, -0.15) is 0 Å². The number of carbonyl (C=O) groups is 1. The number of amides is 1. The molecule has 0 aliphatic carbocycles. The number of hydrogen-bond acceptors (Lipinski definition) is 6. The van der Waals surface area contributed by atoms with E-state index in [1.54, 1.807) is 0 Å². The molecule has 7 nitrogen and oxygen atoms in total. The number of rotatable bonds is 5. The van der Waals surface area contributed by atoms with Crippen LogP contribution in [0.1, 0.15) is 6.92 Å². The number of aliphatic hydroxyl groups excluding tert-OH is 3. The van der Waals surface area contributed by atoms with Gasteiger partial charge in [0.05, 0.1) is 13.2 Å². The summed E-state index contributed by atoms with van der Waals surface area (Å²) in [5.74, 6) is -0.371. The van der Waals surface area contributed by atoms with E-state index in [2.05, 4.69) is 21.2 Å². The molecule has 0 aromatic heterocycles. The molecule has 1 aliphatic rings. The Morgan fingerprint density at radius 2 is 2.11 bits per heavy atom.